The number of anilines is 1. The molecule has 0 fully saturated rings. The van der Waals surface area contributed by atoms with Crippen LogP contribution in [-0.2, 0) is 0 Å². The molecule has 0 radical (unpaired) electrons. The quantitative estimate of drug-likeness (QED) is 0.825. The Labute approximate surface area is 100 Å². The first-order valence-corrected chi connectivity index (χ1v) is 5.41. The van der Waals surface area contributed by atoms with Crippen LogP contribution in [0.3, 0.4) is 0 Å². The van der Waals surface area contributed by atoms with Crippen LogP contribution in [0.5, 0.6) is 6.01 Å². The van der Waals surface area contributed by atoms with Crippen molar-refractivity contribution in [3.63, 3.8) is 0 Å². The van der Waals surface area contributed by atoms with Crippen LogP contribution in [0.15, 0.2) is 6.20 Å². The number of ether oxygens (including phenoxy) is 1. The van der Waals surface area contributed by atoms with Crippen LogP contribution in [0.2, 0.25) is 5.02 Å². The summed E-state index contributed by atoms with van der Waals surface area (Å²) in [5.74, 6) is 0.562. The van der Waals surface area contributed by atoms with Gasteiger partial charge in [0, 0.05) is 5.54 Å². The fraction of sp³-hybridized carbons (Fsp3) is 0.600. The average Bonchev–Trinajstić information content (AvgIpc) is 2.21. The van der Waals surface area contributed by atoms with Gasteiger partial charge < -0.3 is 15.8 Å². The molecule has 6 heteroatoms. The first-order chi connectivity index (χ1) is 7.48. The Kier molecular flexibility index (Phi) is 4.32. The maximum absolute atomic E-state index is 5.99. The molecular weight excluding hydrogens is 228 g/mol. The number of nitrogens with zero attached hydrogens (tertiary/aromatic N) is 2. The molecule has 90 valence electrons. The van der Waals surface area contributed by atoms with E-state index in [-0.39, 0.29) is 11.5 Å². The molecule has 0 spiro atoms. The number of rotatable bonds is 5. The van der Waals surface area contributed by atoms with Gasteiger partial charge in [-0.25, -0.2) is 4.98 Å². The van der Waals surface area contributed by atoms with E-state index < -0.39 is 0 Å². The maximum Gasteiger partial charge on any atom is 0.318 e. The van der Waals surface area contributed by atoms with Crippen molar-refractivity contribution < 1.29 is 4.74 Å². The Hall–Kier alpha value is -1.07. The van der Waals surface area contributed by atoms with Crippen LogP contribution in [0.4, 0.5) is 5.82 Å². The number of aromatic nitrogens is 2. The van der Waals surface area contributed by atoms with Gasteiger partial charge in [-0.2, -0.15) is 4.98 Å². The van der Waals surface area contributed by atoms with E-state index in [1.165, 1.54) is 13.3 Å². The third-order valence-electron chi connectivity index (χ3n) is 2.13. The molecule has 0 aliphatic rings. The van der Waals surface area contributed by atoms with E-state index in [4.69, 9.17) is 22.1 Å². The zero-order valence-corrected chi connectivity index (χ0v) is 10.5. The maximum atomic E-state index is 5.99. The highest BCUT2D eigenvalue weighted by atomic mass is 35.5. The molecule has 5 nitrogen and oxygen atoms in total. The van der Waals surface area contributed by atoms with Crippen LogP contribution < -0.4 is 15.8 Å². The van der Waals surface area contributed by atoms with Crippen molar-refractivity contribution in [3.05, 3.63) is 11.2 Å². The summed E-state index contributed by atoms with van der Waals surface area (Å²) in [5.41, 5.74) is 5.36. The Morgan fingerprint density at radius 1 is 1.56 bits per heavy atom. The van der Waals surface area contributed by atoms with Gasteiger partial charge in [0.2, 0.25) is 0 Å². The van der Waals surface area contributed by atoms with Gasteiger partial charge in [0.05, 0.1) is 13.3 Å². The fourth-order valence-corrected chi connectivity index (χ4v) is 1.42. The van der Waals surface area contributed by atoms with Gasteiger partial charge in [-0.1, -0.05) is 11.6 Å². The molecule has 0 aliphatic carbocycles. The normalized spacial score (nSPS) is 11.3. The largest absolute Gasteiger partial charge is 0.467 e. The predicted octanol–water partition coefficient (Wildman–Crippen LogP) is 1.68. The van der Waals surface area contributed by atoms with Crippen LogP contribution in [-0.4, -0.2) is 29.2 Å². The molecule has 0 unspecified atom stereocenters. The highest BCUT2D eigenvalue weighted by Gasteiger charge is 2.19. The SMILES string of the molecule is COc1ncc(Cl)c(NC(C)(C)CCN)n1. The number of nitrogens with one attached hydrogen (secondary N) is 1. The Morgan fingerprint density at radius 3 is 2.81 bits per heavy atom. The summed E-state index contributed by atoms with van der Waals surface area (Å²) < 4.78 is 4.94. The molecular formula is C10H17ClN4O. The molecule has 0 bridgehead atoms. The molecule has 3 N–H and O–H groups in total. The Morgan fingerprint density at radius 2 is 2.25 bits per heavy atom. The van der Waals surface area contributed by atoms with Crippen LogP contribution >= 0.6 is 11.6 Å². The van der Waals surface area contributed by atoms with Gasteiger partial charge in [0.1, 0.15) is 5.02 Å². The summed E-state index contributed by atoms with van der Waals surface area (Å²) >= 11 is 5.99. The minimum absolute atomic E-state index is 0.169. The number of methoxy groups -OCH3 is 1. The van der Waals surface area contributed by atoms with Crippen molar-refractivity contribution in [2.45, 2.75) is 25.8 Å². The average molecular weight is 245 g/mol. The molecule has 0 atom stereocenters. The molecule has 0 aliphatic heterocycles. The first-order valence-electron chi connectivity index (χ1n) is 5.03. The molecule has 1 heterocycles. The van der Waals surface area contributed by atoms with Gasteiger partial charge >= 0.3 is 6.01 Å². The van der Waals surface area contributed by atoms with Crippen molar-refractivity contribution in [1.29, 1.82) is 0 Å². The minimum atomic E-state index is -0.169. The van der Waals surface area contributed by atoms with Gasteiger partial charge in [0.15, 0.2) is 5.82 Å². The van der Waals surface area contributed by atoms with Gasteiger partial charge in [-0.15, -0.1) is 0 Å². The molecule has 0 saturated heterocycles. The van der Waals surface area contributed by atoms with Crippen molar-refractivity contribution in [3.8, 4) is 6.01 Å². The van der Waals surface area contributed by atoms with Crippen LogP contribution in [0.1, 0.15) is 20.3 Å². The highest BCUT2D eigenvalue weighted by molar-refractivity contribution is 6.32. The summed E-state index contributed by atoms with van der Waals surface area (Å²) in [6.45, 7) is 4.66. The fourth-order valence-electron chi connectivity index (χ4n) is 1.28. The van der Waals surface area contributed by atoms with E-state index in [1.54, 1.807) is 0 Å². The summed E-state index contributed by atoms with van der Waals surface area (Å²) in [6.07, 6.45) is 2.32. The zero-order chi connectivity index (χ0) is 12.2. The zero-order valence-electron chi connectivity index (χ0n) is 9.75. The second kappa shape index (κ2) is 5.32. The molecule has 1 aromatic rings. The summed E-state index contributed by atoms with van der Waals surface area (Å²) in [6, 6.07) is 0.287. The lowest BCUT2D eigenvalue weighted by molar-refractivity contribution is 0.379. The second-order valence-corrected chi connectivity index (χ2v) is 4.51. The standard InChI is InChI=1S/C10H17ClN4O/c1-10(2,4-5-12)15-8-7(11)6-13-9(14-8)16-3/h6H,4-5,12H2,1-3H3,(H,13,14,15). The molecule has 0 aromatic carbocycles. The predicted molar refractivity (Wildman–Crippen MR) is 65.0 cm³/mol. The van der Waals surface area contributed by atoms with Gasteiger partial charge in [-0.05, 0) is 26.8 Å². The number of hydrogen-bond donors (Lipinski definition) is 2. The van der Waals surface area contributed by atoms with E-state index in [1.807, 2.05) is 13.8 Å². The minimum Gasteiger partial charge on any atom is -0.467 e. The number of hydrogen-bond acceptors (Lipinski definition) is 5. The number of halogens is 1. The second-order valence-electron chi connectivity index (χ2n) is 4.10. The monoisotopic (exact) mass is 244 g/mol. The molecule has 1 rings (SSSR count). The van der Waals surface area contributed by atoms with Crippen molar-refractivity contribution >= 4 is 17.4 Å². The van der Waals surface area contributed by atoms with Gasteiger partial charge in [0.25, 0.3) is 0 Å². The van der Waals surface area contributed by atoms with Crippen LogP contribution in [0, 0.1) is 0 Å². The highest BCUT2D eigenvalue weighted by Crippen LogP contribution is 2.24. The van der Waals surface area contributed by atoms with E-state index >= 15 is 0 Å². The summed E-state index contributed by atoms with van der Waals surface area (Å²) in [5, 5.41) is 3.68. The summed E-state index contributed by atoms with van der Waals surface area (Å²) in [7, 11) is 1.51. The van der Waals surface area contributed by atoms with Gasteiger partial charge in [-0.3, -0.25) is 0 Å². The Balaban J connectivity index is 2.87. The lowest BCUT2D eigenvalue weighted by atomic mass is 10.0. The molecule has 16 heavy (non-hydrogen) atoms. The van der Waals surface area contributed by atoms with E-state index in [2.05, 4.69) is 15.3 Å². The Bertz CT molecular complexity index is 357. The first kappa shape index (κ1) is 13.0. The van der Waals surface area contributed by atoms with Crippen molar-refractivity contribution in [2.24, 2.45) is 5.73 Å². The summed E-state index contributed by atoms with van der Waals surface area (Å²) in [4.78, 5) is 8.04. The number of nitrogens with two attached hydrogens (primary N) is 1. The van der Waals surface area contributed by atoms with E-state index in [0.717, 1.165) is 6.42 Å². The van der Waals surface area contributed by atoms with Crippen LogP contribution in [0.25, 0.3) is 0 Å². The van der Waals surface area contributed by atoms with E-state index in [9.17, 15) is 0 Å². The molecule has 0 amide bonds. The lowest BCUT2D eigenvalue weighted by Crippen LogP contribution is -2.34. The molecule has 1 aromatic heterocycles. The molecule has 0 saturated carbocycles. The lowest BCUT2D eigenvalue weighted by Gasteiger charge is -2.26. The smallest absolute Gasteiger partial charge is 0.318 e. The van der Waals surface area contributed by atoms with Crippen molar-refractivity contribution in [2.75, 3.05) is 19.0 Å². The third-order valence-corrected chi connectivity index (χ3v) is 2.41. The van der Waals surface area contributed by atoms with E-state index in [0.29, 0.717) is 17.4 Å². The topological polar surface area (TPSA) is 73.1 Å². The third kappa shape index (κ3) is 3.50. The van der Waals surface area contributed by atoms with Crippen molar-refractivity contribution in [1.82, 2.24) is 9.97 Å².